The molecule has 0 saturated heterocycles. The van der Waals surface area contributed by atoms with Gasteiger partial charge in [-0.3, -0.25) is 0 Å². The third-order valence-corrected chi connectivity index (χ3v) is 3.12. The minimum Gasteiger partial charge on any atom is -0.399 e. The molecule has 0 fully saturated rings. The number of nitrogens with two attached hydrogens (primary N) is 1. The molecule has 0 bridgehead atoms. The Morgan fingerprint density at radius 3 is 2.88 bits per heavy atom. The Morgan fingerprint density at radius 2 is 2.25 bits per heavy atom. The quantitative estimate of drug-likeness (QED) is 0.654. The highest BCUT2D eigenvalue weighted by molar-refractivity contribution is 7.98. The molecule has 2 N–H and O–H groups in total. The molecule has 6 heteroatoms. The molecule has 0 amide bonds. The van der Waals surface area contributed by atoms with Crippen molar-refractivity contribution in [1.29, 1.82) is 0 Å². The smallest absolute Gasteiger partial charge is 0.191 e. The van der Waals surface area contributed by atoms with E-state index in [0.29, 0.717) is 11.4 Å². The fourth-order valence-electron chi connectivity index (χ4n) is 1.31. The van der Waals surface area contributed by atoms with Crippen LogP contribution in [0, 0.1) is 5.82 Å². The highest BCUT2D eigenvalue weighted by Gasteiger charge is 2.04. The van der Waals surface area contributed by atoms with Gasteiger partial charge < -0.3 is 10.3 Å². The number of hydrogen-bond donors (Lipinski definition) is 1. The van der Waals surface area contributed by atoms with Crippen molar-refractivity contribution in [3.05, 3.63) is 35.9 Å². The van der Waals surface area contributed by atoms with Gasteiger partial charge in [-0.05, 0) is 23.8 Å². The SMILES string of the molecule is Cn1cnnc1SCc1cc(N)cc(F)c1. The number of nitrogens with zero attached hydrogens (tertiary/aromatic N) is 3. The van der Waals surface area contributed by atoms with Gasteiger partial charge in [-0.1, -0.05) is 11.8 Å². The zero-order valence-electron chi connectivity index (χ0n) is 8.72. The summed E-state index contributed by atoms with van der Waals surface area (Å²) in [5, 5.41) is 8.48. The number of aryl methyl sites for hydroxylation is 1. The van der Waals surface area contributed by atoms with Crippen LogP contribution in [0.3, 0.4) is 0 Å². The maximum absolute atomic E-state index is 13.1. The standard InChI is InChI=1S/C10H11FN4S/c1-15-6-13-14-10(15)16-5-7-2-8(11)4-9(12)3-7/h2-4,6H,5,12H2,1H3. The largest absolute Gasteiger partial charge is 0.399 e. The van der Waals surface area contributed by atoms with Crippen LogP contribution >= 0.6 is 11.8 Å². The summed E-state index contributed by atoms with van der Waals surface area (Å²) >= 11 is 1.49. The first-order chi connectivity index (χ1) is 7.65. The molecule has 1 heterocycles. The van der Waals surface area contributed by atoms with Crippen LogP contribution in [-0.4, -0.2) is 14.8 Å². The van der Waals surface area contributed by atoms with Crippen LogP contribution in [0.2, 0.25) is 0 Å². The minimum atomic E-state index is -0.312. The van der Waals surface area contributed by atoms with Crippen molar-refractivity contribution in [2.24, 2.45) is 7.05 Å². The second kappa shape index (κ2) is 4.52. The molecule has 2 aromatic rings. The van der Waals surface area contributed by atoms with Gasteiger partial charge in [0.2, 0.25) is 0 Å². The predicted molar refractivity (Wildman–Crippen MR) is 61.4 cm³/mol. The van der Waals surface area contributed by atoms with Crippen molar-refractivity contribution >= 4 is 17.4 Å². The summed E-state index contributed by atoms with van der Waals surface area (Å²) in [6.07, 6.45) is 1.63. The first kappa shape index (κ1) is 10.9. The lowest BCUT2D eigenvalue weighted by Crippen LogP contribution is -1.92. The zero-order valence-corrected chi connectivity index (χ0v) is 9.54. The number of halogens is 1. The third-order valence-electron chi connectivity index (χ3n) is 2.02. The molecule has 0 aliphatic carbocycles. The number of aromatic nitrogens is 3. The predicted octanol–water partition coefficient (Wildman–Crippen LogP) is 1.83. The van der Waals surface area contributed by atoms with Crippen molar-refractivity contribution in [3.63, 3.8) is 0 Å². The molecule has 0 aliphatic rings. The van der Waals surface area contributed by atoms with E-state index in [4.69, 9.17) is 5.73 Å². The normalized spacial score (nSPS) is 10.6. The van der Waals surface area contributed by atoms with Crippen LogP contribution in [-0.2, 0) is 12.8 Å². The Kier molecular flexibility index (Phi) is 3.09. The number of thioether (sulfide) groups is 1. The second-order valence-electron chi connectivity index (χ2n) is 3.41. The number of rotatable bonds is 3. The van der Waals surface area contributed by atoms with Crippen LogP contribution in [0.5, 0.6) is 0 Å². The molecule has 2 rings (SSSR count). The second-order valence-corrected chi connectivity index (χ2v) is 4.35. The molecule has 0 aliphatic heterocycles. The van der Waals surface area contributed by atoms with Gasteiger partial charge in [0.1, 0.15) is 12.1 Å². The summed E-state index contributed by atoms with van der Waals surface area (Å²) in [7, 11) is 1.86. The van der Waals surface area contributed by atoms with Gasteiger partial charge in [-0.25, -0.2) is 4.39 Å². The maximum atomic E-state index is 13.1. The molecule has 1 aromatic heterocycles. The van der Waals surface area contributed by atoms with Gasteiger partial charge in [-0.15, -0.1) is 10.2 Å². The fourth-order valence-corrected chi connectivity index (χ4v) is 2.13. The van der Waals surface area contributed by atoms with Gasteiger partial charge in [-0.2, -0.15) is 0 Å². The van der Waals surface area contributed by atoms with Crippen molar-refractivity contribution in [2.45, 2.75) is 10.9 Å². The fraction of sp³-hybridized carbons (Fsp3) is 0.200. The highest BCUT2D eigenvalue weighted by atomic mass is 32.2. The Balaban J connectivity index is 2.07. The summed E-state index contributed by atoms with van der Waals surface area (Å²) in [6.45, 7) is 0. The number of hydrogen-bond acceptors (Lipinski definition) is 4. The van der Waals surface area contributed by atoms with E-state index in [-0.39, 0.29) is 5.82 Å². The first-order valence-electron chi connectivity index (χ1n) is 4.67. The number of benzene rings is 1. The third kappa shape index (κ3) is 2.52. The summed E-state index contributed by atoms with van der Waals surface area (Å²) in [6, 6.07) is 4.53. The monoisotopic (exact) mass is 238 g/mol. The molecule has 16 heavy (non-hydrogen) atoms. The maximum Gasteiger partial charge on any atom is 0.191 e. The summed E-state index contributed by atoms with van der Waals surface area (Å²) in [5.41, 5.74) is 6.83. The van der Waals surface area contributed by atoms with Gasteiger partial charge in [0, 0.05) is 18.5 Å². The average Bonchev–Trinajstić information content (AvgIpc) is 2.59. The molecule has 0 unspecified atom stereocenters. The lowest BCUT2D eigenvalue weighted by atomic mass is 10.2. The van der Waals surface area contributed by atoms with Crippen LogP contribution < -0.4 is 5.73 Å². The Labute approximate surface area is 96.7 Å². The molecule has 0 saturated carbocycles. The topological polar surface area (TPSA) is 56.7 Å². The Hall–Kier alpha value is -1.56. The molecular weight excluding hydrogens is 227 g/mol. The average molecular weight is 238 g/mol. The van der Waals surface area contributed by atoms with E-state index < -0.39 is 0 Å². The zero-order chi connectivity index (χ0) is 11.5. The van der Waals surface area contributed by atoms with E-state index in [1.807, 2.05) is 11.6 Å². The van der Waals surface area contributed by atoms with E-state index in [1.54, 1.807) is 12.4 Å². The molecule has 84 valence electrons. The number of nitrogen functional groups attached to an aromatic ring is 1. The molecule has 0 atom stereocenters. The molecule has 4 nitrogen and oxygen atoms in total. The van der Waals surface area contributed by atoms with E-state index >= 15 is 0 Å². The minimum absolute atomic E-state index is 0.312. The van der Waals surface area contributed by atoms with Crippen LogP contribution in [0.1, 0.15) is 5.56 Å². The molecule has 1 aromatic carbocycles. The van der Waals surface area contributed by atoms with Crippen molar-refractivity contribution < 1.29 is 4.39 Å². The summed E-state index contributed by atoms with van der Waals surface area (Å²) in [5.74, 6) is 0.308. The molecule has 0 radical (unpaired) electrons. The Morgan fingerprint density at radius 1 is 1.44 bits per heavy atom. The lowest BCUT2D eigenvalue weighted by Gasteiger charge is -2.02. The Bertz CT molecular complexity index is 477. The first-order valence-corrected chi connectivity index (χ1v) is 5.65. The molecular formula is C10H11FN4S. The van der Waals surface area contributed by atoms with Crippen molar-refractivity contribution in [2.75, 3.05) is 5.73 Å². The van der Waals surface area contributed by atoms with E-state index in [0.717, 1.165) is 10.7 Å². The van der Waals surface area contributed by atoms with Gasteiger partial charge in [0.25, 0.3) is 0 Å². The van der Waals surface area contributed by atoms with E-state index in [1.165, 1.54) is 23.9 Å². The molecule has 0 spiro atoms. The van der Waals surface area contributed by atoms with Crippen molar-refractivity contribution in [1.82, 2.24) is 14.8 Å². The van der Waals surface area contributed by atoms with Gasteiger partial charge in [0.15, 0.2) is 5.16 Å². The van der Waals surface area contributed by atoms with E-state index in [9.17, 15) is 4.39 Å². The van der Waals surface area contributed by atoms with Crippen LogP contribution in [0.4, 0.5) is 10.1 Å². The van der Waals surface area contributed by atoms with E-state index in [2.05, 4.69) is 10.2 Å². The van der Waals surface area contributed by atoms with Gasteiger partial charge in [0.05, 0.1) is 0 Å². The number of anilines is 1. The van der Waals surface area contributed by atoms with Crippen LogP contribution in [0.15, 0.2) is 29.7 Å². The summed E-state index contributed by atoms with van der Waals surface area (Å²) in [4.78, 5) is 0. The highest BCUT2D eigenvalue weighted by Crippen LogP contribution is 2.21. The summed E-state index contributed by atoms with van der Waals surface area (Å²) < 4.78 is 14.9. The lowest BCUT2D eigenvalue weighted by molar-refractivity contribution is 0.627. The van der Waals surface area contributed by atoms with Crippen LogP contribution in [0.25, 0.3) is 0 Å². The van der Waals surface area contributed by atoms with Gasteiger partial charge >= 0.3 is 0 Å². The van der Waals surface area contributed by atoms with Crippen molar-refractivity contribution in [3.8, 4) is 0 Å².